The Morgan fingerprint density at radius 2 is 2.46 bits per heavy atom. The Hall–Kier alpha value is -0.870. The molecule has 1 saturated heterocycles. The number of carboxylic acid groups (broad SMARTS) is 1. The van der Waals surface area contributed by atoms with E-state index in [0.717, 1.165) is 6.54 Å². The van der Waals surface area contributed by atoms with Gasteiger partial charge in [0.25, 0.3) is 0 Å². The molecule has 0 saturated carbocycles. The molecule has 0 unspecified atom stereocenters. The van der Waals surface area contributed by atoms with Gasteiger partial charge in [0, 0.05) is 23.9 Å². The Labute approximate surface area is 80.4 Å². The summed E-state index contributed by atoms with van der Waals surface area (Å²) in [7, 11) is 0. The minimum atomic E-state index is -0.691. The maximum absolute atomic E-state index is 10.9. The number of carbonyl (C=O) groups is 1. The smallest absolute Gasteiger partial charge is 0.308 e. The van der Waals surface area contributed by atoms with Gasteiger partial charge in [-0.15, -0.1) is 11.3 Å². The molecule has 13 heavy (non-hydrogen) atoms. The molecule has 0 aromatic carbocycles. The third kappa shape index (κ3) is 1.59. The van der Waals surface area contributed by atoms with E-state index in [4.69, 9.17) is 5.11 Å². The van der Waals surface area contributed by atoms with E-state index >= 15 is 0 Å². The van der Waals surface area contributed by atoms with Crippen molar-refractivity contribution in [1.82, 2.24) is 5.32 Å². The third-order valence-corrected chi connectivity index (χ3v) is 3.44. The molecule has 0 radical (unpaired) electrons. The molecule has 0 aliphatic carbocycles. The number of rotatable bonds is 2. The molecule has 0 amide bonds. The van der Waals surface area contributed by atoms with Crippen LogP contribution in [0.3, 0.4) is 0 Å². The Balaban J connectivity index is 2.19. The van der Waals surface area contributed by atoms with Gasteiger partial charge in [0.15, 0.2) is 0 Å². The van der Waals surface area contributed by atoms with Crippen LogP contribution >= 0.6 is 11.3 Å². The van der Waals surface area contributed by atoms with Crippen molar-refractivity contribution >= 4 is 17.3 Å². The van der Waals surface area contributed by atoms with Crippen LogP contribution in [-0.2, 0) is 4.79 Å². The van der Waals surface area contributed by atoms with Crippen molar-refractivity contribution in [2.75, 3.05) is 13.1 Å². The van der Waals surface area contributed by atoms with Gasteiger partial charge in [-0.05, 0) is 11.4 Å². The summed E-state index contributed by atoms with van der Waals surface area (Å²) in [5.74, 6) is -0.778. The second kappa shape index (κ2) is 3.47. The Kier molecular flexibility index (Phi) is 2.33. The SMILES string of the molecule is O=C(O)[C@@H]1CNC[C@@H]1c1cccs1. The summed E-state index contributed by atoms with van der Waals surface area (Å²) in [5.41, 5.74) is 0. The van der Waals surface area contributed by atoms with E-state index in [-0.39, 0.29) is 11.8 Å². The van der Waals surface area contributed by atoms with Crippen molar-refractivity contribution in [1.29, 1.82) is 0 Å². The molecule has 2 atom stereocenters. The van der Waals surface area contributed by atoms with Crippen LogP contribution in [0, 0.1) is 5.92 Å². The molecule has 2 heterocycles. The second-order valence-electron chi connectivity index (χ2n) is 3.22. The second-order valence-corrected chi connectivity index (χ2v) is 4.20. The van der Waals surface area contributed by atoms with E-state index in [0.29, 0.717) is 6.54 Å². The molecule has 4 heteroatoms. The van der Waals surface area contributed by atoms with E-state index in [1.54, 1.807) is 11.3 Å². The summed E-state index contributed by atoms with van der Waals surface area (Å²) in [4.78, 5) is 12.0. The molecule has 1 aliphatic heterocycles. The van der Waals surface area contributed by atoms with Crippen molar-refractivity contribution in [3.05, 3.63) is 22.4 Å². The molecule has 2 N–H and O–H groups in total. The van der Waals surface area contributed by atoms with Gasteiger partial charge in [-0.3, -0.25) is 4.79 Å². The molecule has 1 aliphatic rings. The van der Waals surface area contributed by atoms with Crippen molar-refractivity contribution in [3.8, 4) is 0 Å². The van der Waals surface area contributed by atoms with Gasteiger partial charge in [0.2, 0.25) is 0 Å². The maximum Gasteiger partial charge on any atom is 0.308 e. The molecule has 2 rings (SSSR count). The zero-order valence-corrected chi connectivity index (χ0v) is 7.88. The molecule has 0 spiro atoms. The largest absolute Gasteiger partial charge is 0.481 e. The molecular weight excluding hydrogens is 186 g/mol. The minimum Gasteiger partial charge on any atom is -0.481 e. The third-order valence-electron chi connectivity index (χ3n) is 2.44. The number of carboxylic acids is 1. The van der Waals surface area contributed by atoms with Gasteiger partial charge in [-0.2, -0.15) is 0 Å². The number of thiophene rings is 1. The number of nitrogens with one attached hydrogen (secondary N) is 1. The summed E-state index contributed by atoms with van der Waals surface area (Å²) in [6.07, 6.45) is 0. The standard InChI is InChI=1S/C9H11NO2S/c11-9(12)7-5-10-4-6(7)8-2-1-3-13-8/h1-3,6-7,10H,4-5H2,(H,11,12)/t6-,7+/m0/s1. The highest BCUT2D eigenvalue weighted by Crippen LogP contribution is 2.31. The van der Waals surface area contributed by atoms with E-state index in [2.05, 4.69) is 5.32 Å². The lowest BCUT2D eigenvalue weighted by atomic mass is 9.95. The lowest BCUT2D eigenvalue weighted by Crippen LogP contribution is -2.20. The van der Waals surface area contributed by atoms with Crippen molar-refractivity contribution < 1.29 is 9.90 Å². The Morgan fingerprint density at radius 1 is 1.62 bits per heavy atom. The highest BCUT2D eigenvalue weighted by atomic mass is 32.1. The first-order valence-corrected chi connectivity index (χ1v) is 5.14. The fraction of sp³-hybridized carbons (Fsp3) is 0.444. The maximum atomic E-state index is 10.9. The summed E-state index contributed by atoms with van der Waals surface area (Å²) in [6, 6.07) is 3.98. The Bertz CT molecular complexity index is 297. The van der Waals surface area contributed by atoms with E-state index in [9.17, 15) is 4.79 Å². The fourth-order valence-electron chi connectivity index (χ4n) is 1.74. The molecule has 70 valence electrons. The fourth-order valence-corrected chi connectivity index (χ4v) is 2.63. The quantitative estimate of drug-likeness (QED) is 0.747. The summed E-state index contributed by atoms with van der Waals surface area (Å²) in [6.45, 7) is 1.38. The van der Waals surface area contributed by atoms with Crippen LogP contribution in [0.5, 0.6) is 0 Å². The number of aliphatic carboxylic acids is 1. The van der Waals surface area contributed by atoms with Crippen molar-refractivity contribution in [2.24, 2.45) is 5.92 Å². The monoisotopic (exact) mass is 197 g/mol. The molecule has 3 nitrogen and oxygen atoms in total. The van der Waals surface area contributed by atoms with Crippen LogP contribution in [0.15, 0.2) is 17.5 Å². The molecular formula is C9H11NO2S. The molecule has 0 bridgehead atoms. The van der Waals surface area contributed by atoms with Gasteiger partial charge in [-0.25, -0.2) is 0 Å². The molecule has 1 aromatic heterocycles. The van der Waals surface area contributed by atoms with Crippen molar-refractivity contribution in [3.63, 3.8) is 0 Å². The zero-order valence-electron chi connectivity index (χ0n) is 7.06. The topological polar surface area (TPSA) is 49.3 Å². The summed E-state index contributed by atoms with van der Waals surface area (Å²) in [5, 5.41) is 14.1. The molecule has 1 fully saturated rings. The predicted octanol–water partition coefficient (Wildman–Crippen LogP) is 1.14. The lowest BCUT2D eigenvalue weighted by Gasteiger charge is -2.11. The van der Waals surface area contributed by atoms with Gasteiger partial charge in [0.05, 0.1) is 5.92 Å². The van der Waals surface area contributed by atoms with Crippen LogP contribution in [0.4, 0.5) is 0 Å². The van der Waals surface area contributed by atoms with E-state index in [1.807, 2.05) is 17.5 Å². The first-order chi connectivity index (χ1) is 6.29. The van der Waals surface area contributed by atoms with Gasteiger partial charge in [-0.1, -0.05) is 6.07 Å². The first-order valence-electron chi connectivity index (χ1n) is 4.26. The first kappa shape index (κ1) is 8.72. The van der Waals surface area contributed by atoms with Crippen LogP contribution < -0.4 is 5.32 Å². The van der Waals surface area contributed by atoms with Gasteiger partial charge < -0.3 is 10.4 Å². The number of hydrogen-bond acceptors (Lipinski definition) is 3. The van der Waals surface area contributed by atoms with Crippen molar-refractivity contribution in [2.45, 2.75) is 5.92 Å². The van der Waals surface area contributed by atoms with Crippen LogP contribution in [-0.4, -0.2) is 24.2 Å². The predicted molar refractivity (Wildman–Crippen MR) is 51.1 cm³/mol. The van der Waals surface area contributed by atoms with E-state index < -0.39 is 5.97 Å². The number of hydrogen-bond donors (Lipinski definition) is 2. The van der Waals surface area contributed by atoms with Crippen LogP contribution in [0.1, 0.15) is 10.8 Å². The highest BCUT2D eigenvalue weighted by molar-refractivity contribution is 7.10. The zero-order chi connectivity index (χ0) is 9.26. The van der Waals surface area contributed by atoms with Gasteiger partial charge >= 0.3 is 5.97 Å². The minimum absolute atomic E-state index is 0.164. The average Bonchev–Trinajstić information content (AvgIpc) is 2.74. The van der Waals surface area contributed by atoms with Crippen LogP contribution in [0.25, 0.3) is 0 Å². The van der Waals surface area contributed by atoms with Crippen LogP contribution in [0.2, 0.25) is 0 Å². The Morgan fingerprint density at radius 3 is 3.08 bits per heavy atom. The summed E-state index contributed by atoms with van der Waals surface area (Å²) < 4.78 is 0. The van der Waals surface area contributed by atoms with Gasteiger partial charge in [0.1, 0.15) is 0 Å². The summed E-state index contributed by atoms with van der Waals surface area (Å²) >= 11 is 1.64. The van der Waals surface area contributed by atoms with E-state index in [1.165, 1.54) is 4.88 Å². The average molecular weight is 197 g/mol. The molecule has 1 aromatic rings. The highest BCUT2D eigenvalue weighted by Gasteiger charge is 2.34. The normalized spacial score (nSPS) is 27.7. The lowest BCUT2D eigenvalue weighted by molar-refractivity contribution is -0.141.